The minimum absolute atomic E-state index is 0.00460. The lowest BCUT2D eigenvalue weighted by molar-refractivity contribution is -0.0419. The third kappa shape index (κ3) is 3.66. The molecule has 33 heavy (non-hydrogen) atoms. The van der Waals surface area contributed by atoms with Gasteiger partial charge in [0.1, 0.15) is 0 Å². The summed E-state index contributed by atoms with van der Waals surface area (Å²) in [6.45, 7) is 0.666. The molecule has 11 heteroatoms. The van der Waals surface area contributed by atoms with E-state index in [4.69, 9.17) is 22.1 Å². The van der Waals surface area contributed by atoms with E-state index in [2.05, 4.69) is 15.6 Å². The maximum absolute atomic E-state index is 15.1. The molecule has 5 rings (SSSR count). The monoisotopic (exact) mass is 470 g/mol. The summed E-state index contributed by atoms with van der Waals surface area (Å²) in [6.07, 6.45) is 0.0967. The van der Waals surface area contributed by atoms with Gasteiger partial charge in [0.15, 0.2) is 22.9 Å². The molecule has 2 amide bonds. The van der Waals surface area contributed by atoms with Crippen molar-refractivity contribution in [2.24, 2.45) is 0 Å². The summed E-state index contributed by atoms with van der Waals surface area (Å²) >= 11 is 6.01. The fraction of sp³-hybridized carbons (Fsp3) is 0.273. The van der Waals surface area contributed by atoms with Crippen molar-refractivity contribution in [1.29, 1.82) is 0 Å². The van der Waals surface area contributed by atoms with Gasteiger partial charge in [0.05, 0.1) is 29.4 Å². The van der Waals surface area contributed by atoms with E-state index in [-0.39, 0.29) is 34.3 Å². The standard InChI is InChI=1S/C22H20ClFN6O3/c23-14-7-8-15-16(17(14)24)22(33-21(32)26-15)9-4-10-29(12-22)20(31)18-19(25)30(28-27-18)11-13-5-2-1-3-6-13/h1-3,5-8H,4,9-12,25H2,(H,26,32)/t22-/m0/s1. The highest BCUT2D eigenvalue weighted by atomic mass is 35.5. The Hall–Kier alpha value is -3.66. The van der Waals surface area contributed by atoms with Crippen LogP contribution in [0.2, 0.25) is 5.02 Å². The molecule has 0 saturated carbocycles. The zero-order valence-electron chi connectivity index (χ0n) is 17.4. The van der Waals surface area contributed by atoms with Crippen LogP contribution in [0.15, 0.2) is 42.5 Å². The molecule has 2 aliphatic heterocycles. The van der Waals surface area contributed by atoms with Crippen molar-refractivity contribution in [2.75, 3.05) is 24.1 Å². The van der Waals surface area contributed by atoms with Gasteiger partial charge in [-0.15, -0.1) is 5.10 Å². The fourth-order valence-electron chi connectivity index (χ4n) is 4.44. The van der Waals surface area contributed by atoms with Crippen LogP contribution >= 0.6 is 11.6 Å². The SMILES string of the molecule is Nc1c(C(=O)N2CCC[C@@]3(C2)OC(=O)Nc2ccc(Cl)c(F)c23)nnn1Cc1ccccc1. The number of carbonyl (C=O) groups is 2. The van der Waals surface area contributed by atoms with E-state index in [0.29, 0.717) is 25.9 Å². The van der Waals surface area contributed by atoms with Crippen LogP contribution in [-0.2, 0) is 16.9 Å². The quantitative estimate of drug-likeness (QED) is 0.606. The molecule has 3 aromatic rings. The molecule has 170 valence electrons. The van der Waals surface area contributed by atoms with Crippen molar-refractivity contribution in [1.82, 2.24) is 19.9 Å². The number of piperidine rings is 1. The molecule has 1 spiro atoms. The largest absolute Gasteiger partial charge is 0.436 e. The number of likely N-dealkylation sites (tertiary alicyclic amines) is 1. The van der Waals surface area contributed by atoms with Gasteiger partial charge in [-0.05, 0) is 30.5 Å². The molecule has 3 heterocycles. The lowest BCUT2D eigenvalue weighted by Gasteiger charge is -2.45. The number of aromatic nitrogens is 3. The summed E-state index contributed by atoms with van der Waals surface area (Å²) in [5.74, 6) is -1.03. The van der Waals surface area contributed by atoms with E-state index in [1.54, 1.807) is 0 Å². The van der Waals surface area contributed by atoms with Crippen LogP contribution in [-0.4, -0.2) is 45.0 Å². The number of anilines is 2. The number of halogens is 2. The van der Waals surface area contributed by atoms with Crippen molar-refractivity contribution >= 4 is 35.1 Å². The van der Waals surface area contributed by atoms with Crippen molar-refractivity contribution < 1.29 is 18.7 Å². The molecule has 2 aliphatic rings. The normalized spacial score (nSPS) is 19.7. The molecule has 1 fully saturated rings. The van der Waals surface area contributed by atoms with Crippen LogP contribution in [0.4, 0.5) is 20.7 Å². The molecular weight excluding hydrogens is 451 g/mol. The lowest BCUT2D eigenvalue weighted by Crippen LogP contribution is -2.53. The number of hydrogen-bond acceptors (Lipinski definition) is 6. The Labute approximate surface area is 193 Å². The molecular formula is C22H20ClFN6O3. The minimum atomic E-state index is -1.37. The molecule has 0 radical (unpaired) electrons. The third-order valence-electron chi connectivity index (χ3n) is 5.97. The Balaban J connectivity index is 1.44. The van der Waals surface area contributed by atoms with E-state index in [9.17, 15) is 9.59 Å². The van der Waals surface area contributed by atoms with Gasteiger partial charge in [0.2, 0.25) is 0 Å². The number of ether oxygens (including phenoxy) is 1. The van der Waals surface area contributed by atoms with E-state index in [0.717, 1.165) is 5.56 Å². The number of benzene rings is 2. The van der Waals surface area contributed by atoms with Gasteiger partial charge in [-0.2, -0.15) is 0 Å². The second-order valence-corrected chi connectivity index (χ2v) is 8.50. The van der Waals surface area contributed by atoms with Crippen LogP contribution in [0.5, 0.6) is 0 Å². The van der Waals surface area contributed by atoms with Gasteiger partial charge in [0.25, 0.3) is 5.91 Å². The van der Waals surface area contributed by atoms with Crippen LogP contribution in [0.25, 0.3) is 0 Å². The number of nitrogens with one attached hydrogen (secondary N) is 1. The average molecular weight is 471 g/mol. The maximum Gasteiger partial charge on any atom is 0.412 e. The van der Waals surface area contributed by atoms with E-state index in [1.807, 2.05) is 30.3 Å². The molecule has 1 saturated heterocycles. The number of amides is 2. The first kappa shape index (κ1) is 21.2. The molecule has 3 N–H and O–H groups in total. The number of rotatable bonds is 3. The Kier molecular flexibility index (Phi) is 5.16. The number of carbonyl (C=O) groups excluding carboxylic acids is 2. The fourth-order valence-corrected chi connectivity index (χ4v) is 4.60. The molecule has 1 atom stereocenters. The van der Waals surface area contributed by atoms with Crippen LogP contribution < -0.4 is 11.1 Å². The lowest BCUT2D eigenvalue weighted by atomic mass is 9.83. The van der Waals surface area contributed by atoms with Gasteiger partial charge in [-0.25, -0.2) is 13.9 Å². The smallest absolute Gasteiger partial charge is 0.412 e. The van der Waals surface area contributed by atoms with Gasteiger partial charge in [-0.1, -0.05) is 47.1 Å². The first-order valence-electron chi connectivity index (χ1n) is 10.4. The second-order valence-electron chi connectivity index (χ2n) is 8.09. The number of fused-ring (bicyclic) bond motifs is 2. The molecule has 0 unspecified atom stereocenters. The highest BCUT2D eigenvalue weighted by Crippen LogP contribution is 2.45. The first-order chi connectivity index (χ1) is 15.9. The summed E-state index contributed by atoms with van der Waals surface area (Å²) < 4.78 is 22.1. The maximum atomic E-state index is 15.1. The van der Waals surface area contributed by atoms with E-state index in [1.165, 1.54) is 21.7 Å². The third-order valence-corrected chi connectivity index (χ3v) is 6.26. The summed E-state index contributed by atoms with van der Waals surface area (Å²) in [4.78, 5) is 27.0. The van der Waals surface area contributed by atoms with Gasteiger partial charge < -0.3 is 15.4 Å². The zero-order chi connectivity index (χ0) is 23.2. The predicted octanol–water partition coefficient (Wildman–Crippen LogP) is 3.39. The first-order valence-corrected chi connectivity index (χ1v) is 10.8. The Morgan fingerprint density at radius 2 is 2.06 bits per heavy atom. The Bertz CT molecular complexity index is 1250. The van der Waals surface area contributed by atoms with Crippen LogP contribution in [0.3, 0.4) is 0 Å². The predicted molar refractivity (Wildman–Crippen MR) is 118 cm³/mol. The molecule has 9 nitrogen and oxygen atoms in total. The Morgan fingerprint density at radius 3 is 2.85 bits per heavy atom. The van der Waals surface area contributed by atoms with Crippen molar-refractivity contribution in [3.05, 3.63) is 70.1 Å². The summed E-state index contributed by atoms with van der Waals surface area (Å²) in [5, 5.41) is 10.4. The highest BCUT2D eigenvalue weighted by Gasteiger charge is 2.49. The average Bonchev–Trinajstić information content (AvgIpc) is 3.16. The Morgan fingerprint density at radius 1 is 1.27 bits per heavy atom. The summed E-state index contributed by atoms with van der Waals surface area (Å²) in [6, 6.07) is 12.4. The summed E-state index contributed by atoms with van der Waals surface area (Å²) in [5.41, 5.74) is 6.18. The van der Waals surface area contributed by atoms with Gasteiger partial charge >= 0.3 is 6.09 Å². The van der Waals surface area contributed by atoms with E-state index >= 15 is 4.39 Å². The highest BCUT2D eigenvalue weighted by molar-refractivity contribution is 6.31. The molecule has 1 aromatic heterocycles. The van der Waals surface area contributed by atoms with Crippen molar-refractivity contribution in [2.45, 2.75) is 25.0 Å². The molecule has 0 bridgehead atoms. The second kappa shape index (κ2) is 8.04. The summed E-state index contributed by atoms with van der Waals surface area (Å²) in [7, 11) is 0. The van der Waals surface area contributed by atoms with Gasteiger partial charge in [-0.3, -0.25) is 10.1 Å². The van der Waals surface area contributed by atoms with E-state index < -0.39 is 23.4 Å². The van der Waals surface area contributed by atoms with Crippen LogP contribution in [0.1, 0.15) is 34.5 Å². The number of nitrogens with two attached hydrogens (primary N) is 1. The minimum Gasteiger partial charge on any atom is -0.436 e. The van der Waals surface area contributed by atoms with Gasteiger partial charge in [0, 0.05) is 6.54 Å². The topological polar surface area (TPSA) is 115 Å². The van der Waals surface area contributed by atoms with Crippen LogP contribution in [0, 0.1) is 5.82 Å². The molecule has 0 aliphatic carbocycles. The zero-order valence-corrected chi connectivity index (χ0v) is 18.2. The molecule has 2 aromatic carbocycles. The number of nitrogen functional groups attached to an aromatic ring is 1. The number of hydrogen-bond donors (Lipinski definition) is 2. The van der Waals surface area contributed by atoms with Crippen molar-refractivity contribution in [3.63, 3.8) is 0 Å². The van der Waals surface area contributed by atoms with Crippen molar-refractivity contribution in [3.8, 4) is 0 Å². The number of nitrogens with zero attached hydrogens (tertiary/aromatic N) is 4.